The number of nitrogens with zero attached hydrogens (tertiary/aromatic N) is 1. The summed E-state index contributed by atoms with van der Waals surface area (Å²) in [5.41, 5.74) is 2.14. The van der Waals surface area contributed by atoms with Gasteiger partial charge in [-0.25, -0.2) is 0 Å². The second-order valence-corrected chi connectivity index (χ2v) is 6.24. The first-order chi connectivity index (χ1) is 10.3. The van der Waals surface area contributed by atoms with Crippen molar-refractivity contribution in [2.75, 3.05) is 26.3 Å². The normalized spacial score (nSPS) is 21.3. The molecule has 0 N–H and O–H groups in total. The van der Waals surface area contributed by atoms with Crippen molar-refractivity contribution >= 4 is 5.78 Å². The fourth-order valence-corrected chi connectivity index (χ4v) is 3.48. The third-order valence-corrected chi connectivity index (χ3v) is 4.76. The molecule has 0 radical (unpaired) electrons. The first-order valence-electron chi connectivity index (χ1n) is 8.27. The SMILES string of the molecule is O=C(c1ccccc1CN1CCOCC1)C1CCCCC1. The first kappa shape index (κ1) is 14.7. The summed E-state index contributed by atoms with van der Waals surface area (Å²) in [5.74, 6) is 0.628. The summed E-state index contributed by atoms with van der Waals surface area (Å²) in [6.45, 7) is 4.41. The minimum absolute atomic E-state index is 0.254. The Morgan fingerprint density at radius 2 is 1.81 bits per heavy atom. The second-order valence-electron chi connectivity index (χ2n) is 6.24. The molecule has 1 saturated heterocycles. The van der Waals surface area contributed by atoms with Crippen LogP contribution in [0.1, 0.15) is 48.0 Å². The Bertz CT molecular complexity index is 474. The van der Waals surface area contributed by atoms with Gasteiger partial charge in [0.2, 0.25) is 0 Å². The van der Waals surface area contributed by atoms with Gasteiger partial charge in [-0.1, -0.05) is 43.5 Å². The van der Waals surface area contributed by atoms with Gasteiger partial charge in [0.1, 0.15) is 0 Å². The molecular formula is C18H25NO2. The zero-order valence-corrected chi connectivity index (χ0v) is 12.7. The fourth-order valence-electron chi connectivity index (χ4n) is 3.48. The molecule has 1 aromatic rings. The monoisotopic (exact) mass is 287 g/mol. The van der Waals surface area contributed by atoms with E-state index in [2.05, 4.69) is 11.0 Å². The van der Waals surface area contributed by atoms with E-state index in [9.17, 15) is 4.79 Å². The van der Waals surface area contributed by atoms with Gasteiger partial charge in [0.15, 0.2) is 5.78 Å². The van der Waals surface area contributed by atoms with Crippen molar-refractivity contribution < 1.29 is 9.53 Å². The fraction of sp³-hybridized carbons (Fsp3) is 0.611. The number of rotatable bonds is 4. The number of benzene rings is 1. The molecule has 3 nitrogen and oxygen atoms in total. The van der Waals surface area contributed by atoms with Gasteiger partial charge in [-0.2, -0.15) is 0 Å². The van der Waals surface area contributed by atoms with Crippen molar-refractivity contribution in [1.29, 1.82) is 0 Å². The molecule has 1 aliphatic heterocycles. The predicted octanol–water partition coefficient (Wildman–Crippen LogP) is 3.28. The van der Waals surface area contributed by atoms with E-state index in [4.69, 9.17) is 4.74 Å². The van der Waals surface area contributed by atoms with Crippen LogP contribution in [0, 0.1) is 5.92 Å². The van der Waals surface area contributed by atoms with Gasteiger partial charge >= 0.3 is 0 Å². The molecule has 0 bridgehead atoms. The van der Waals surface area contributed by atoms with Gasteiger partial charge in [-0.05, 0) is 18.4 Å². The molecule has 0 amide bonds. The number of morpholine rings is 1. The van der Waals surface area contributed by atoms with Crippen LogP contribution in [0.25, 0.3) is 0 Å². The molecule has 0 unspecified atom stereocenters. The number of ether oxygens (including phenoxy) is 1. The van der Waals surface area contributed by atoms with Crippen LogP contribution in [0.4, 0.5) is 0 Å². The number of carbonyl (C=O) groups excluding carboxylic acids is 1. The maximum absolute atomic E-state index is 12.8. The van der Waals surface area contributed by atoms with Crippen LogP contribution in [0.2, 0.25) is 0 Å². The lowest BCUT2D eigenvalue weighted by Gasteiger charge is -2.28. The number of hydrogen-bond acceptors (Lipinski definition) is 3. The van der Waals surface area contributed by atoms with Crippen molar-refractivity contribution in [3.8, 4) is 0 Å². The van der Waals surface area contributed by atoms with Crippen LogP contribution in [0.15, 0.2) is 24.3 Å². The Labute approximate surface area is 127 Å². The summed E-state index contributed by atoms with van der Waals surface area (Å²) in [4.78, 5) is 15.2. The number of Topliss-reactive ketones (excluding diaryl/α,β-unsaturated/α-hetero) is 1. The Morgan fingerprint density at radius 1 is 1.10 bits per heavy atom. The van der Waals surface area contributed by atoms with E-state index >= 15 is 0 Å². The summed E-state index contributed by atoms with van der Waals surface area (Å²) in [5, 5.41) is 0. The van der Waals surface area contributed by atoms with Crippen molar-refractivity contribution in [2.24, 2.45) is 5.92 Å². The minimum atomic E-state index is 0.254. The summed E-state index contributed by atoms with van der Waals surface area (Å²) in [6.07, 6.45) is 5.86. The highest BCUT2D eigenvalue weighted by Gasteiger charge is 2.24. The Balaban J connectivity index is 1.73. The molecule has 2 aliphatic rings. The Kier molecular flexibility index (Phi) is 5.04. The third kappa shape index (κ3) is 3.72. The highest BCUT2D eigenvalue weighted by Crippen LogP contribution is 2.28. The molecule has 114 valence electrons. The van der Waals surface area contributed by atoms with Crippen LogP contribution < -0.4 is 0 Å². The van der Waals surface area contributed by atoms with Crippen LogP contribution >= 0.6 is 0 Å². The predicted molar refractivity (Wildman–Crippen MR) is 83.4 cm³/mol. The van der Waals surface area contributed by atoms with Gasteiger partial charge in [-0.15, -0.1) is 0 Å². The number of hydrogen-bond donors (Lipinski definition) is 0. The van der Waals surface area contributed by atoms with E-state index in [-0.39, 0.29) is 5.92 Å². The molecular weight excluding hydrogens is 262 g/mol. The van der Waals surface area contributed by atoms with Gasteiger partial charge in [-0.3, -0.25) is 9.69 Å². The lowest BCUT2D eigenvalue weighted by Crippen LogP contribution is -2.36. The van der Waals surface area contributed by atoms with Crippen LogP contribution in [0.5, 0.6) is 0 Å². The summed E-state index contributed by atoms with van der Waals surface area (Å²) in [7, 11) is 0. The largest absolute Gasteiger partial charge is 0.379 e. The van der Waals surface area contributed by atoms with E-state index in [0.29, 0.717) is 5.78 Å². The molecule has 1 saturated carbocycles. The maximum Gasteiger partial charge on any atom is 0.166 e. The topological polar surface area (TPSA) is 29.5 Å². The Morgan fingerprint density at radius 3 is 2.57 bits per heavy atom. The molecule has 0 spiro atoms. The lowest BCUT2D eigenvalue weighted by molar-refractivity contribution is 0.0340. The number of carbonyl (C=O) groups is 1. The highest BCUT2D eigenvalue weighted by atomic mass is 16.5. The molecule has 3 heteroatoms. The third-order valence-electron chi connectivity index (χ3n) is 4.76. The molecule has 1 heterocycles. The summed E-state index contributed by atoms with van der Waals surface area (Å²) in [6, 6.07) is 8.19. The minimum Gasteiger partial charge on any atom is -0.379 e. The van der Waals surface area contributed by atoms with E-state index in [0.717, 1.165) is 51.3 Å². The van der Waals surface area contributed by atoms with Gasteiger partial charge in [0.25, 0.3) is 0 Å². The molecule has 1 aliphatic carbocycles. The average molecular weight is 287 g/mol. The van der Waals surface area contributed by atoms with E-state index in [1.807, 2.05) is 18.2 Å². The zero-order chi connectivity index (χ0) is 14.5. The zero-order valence-electron chi connectivity index (χ0n) is 12.7. The molecule has 0 atom stereocenters. The van der Waals surface area contributed by atoms with E-state index in [1.165, 1.54) is 24.8 Å². The molecule has 21 heavy (non-hydrogen) atoms. The van der Waals surface area contributed by atoms with Crippen molar-refractivity contribution in [2.45, 2.75) is 38.6 Å². The van der Waals surface area contributed by atoms with E-state index < -0.39 is 0 Å². The maximum atomic E-state index is 12.8. The molecule has 0 aromatic heterocycles. The van der Waals surface area contributed by atoms with Gasteiger partial charge in [0, 0.05) is 31.1 Å². The van der Waals surface area contributed by atoms with Crippen molar-refractivity contribution in [3.05, 3.63) is 35.4 Å². The van der Waals surface area contributed by atoms with Crippen LogP contribution in [-0.4, -0.2) is 37.0 Å². The highest BCUT2D eigenvalue weighted by molar-refractivity contribution is 5.99. The van der Waals surface area contributed by atoms with Crippen molar-refractivity contribution in [1.82, 2.24) is 4.90 Å². The van der Waals surface area contributed by atoms with Crippen LogP contribution in [-0.2, 0) is 11.3 Å². The molecule has 3 rings (SSSR count). The lowest BCUT2D eigenvalue weighted by atomic mass is 9.83. The summed E-state index contributed by atoms with van der Waals surface area (Å²) < 4.78 is 5.40. The second kappa shape index (κ2) is 7.19. The first-order valence-corrected chi connectivity index (χ1v) is 8.27. The average Bonchev–Trinajstić information content (AvgIpc) is 2.56. The molecule has 2 fully saturated rings. The number of ketones is 1. The van der Waals surface area contributed by atoms with E-state index in [1.54, 1.807) is 0 Å². The molecule has 1 aromatic carbocycles. The standard InChI is InChI=1S/C18H25NO2/c20-18(15-6-2-1-3-7-15)17-9-5-4-8-16(17)14-19-10-12-21-13-11-19/h4-5,8-9,15H,1-3,6-7,10-14H2. The summed E-state index contributed by atoms with van der Waals surface area (Å²) >= 11 is 0. The van der Waals surface area contributed by atoms with Crippen LogP contribution in [0.3, 0.4) is 0 Å². The van der Waals surface area contributed by atoms with Gasteiger partial charge < -0.3 is 4.74 Å². The Hall–Kier alpha value is -1.19. The quantitative estimate of drug-likeness (QED) is 0.796. The van der Waals surface area contributed by atoms with Crippen molar-refractivity contribution in [3.63, 3.8) is 0 Å². The smallest absolute Gasteiger partial charge is 0.166 e. The van der Waals surface area contributed by atoms with Gasteiger partial charge in [0.05, 0.1) is 13.2 Å².